The molecule has 2 aromatic rings. The predicted octanol–water partition coefficient (Wildman–Crippen LogP) is 5.06. The van der Waals surface area contributed by atoms with Crippen molar-refractivity contribution in [2.24, 2.45) is 10.1 Å². The summed E-state index contributed by atoms with van der Waals surface area (Å²) in [6.07, 6.45) is -0.799. The predicted molar refractivity (Wildman–Crippen MR) is 135 cm³/mol. The zero-order valence-electron chi connectivity index (χ0n) is 19.5. The number of hydrogen-bond donors (Lipinski definition) is 1. The Hall–Kier alpha value is -4.06. The number of carbonyl (C=O) groups is 1. The van der Waals surface area contributed by atoms with E-state index in [2.05, 4.69) is 16.7 Å². The van der Waals surface area contributed by atoms with Crippen molar-refractivity contribution in [3.8, 4) is 17.2 Å². The minimum atomic E-state index is -4.69. The molecule has 2 heterocycles. The Morgan fingerprint density at radius 2 is 1.84 bits per heavy atom. The molecule has 0 saturated heterocycles. The summed E-state index contributed by atoms with van der Waals surface area (Å²) >= 11 is 0.206. The first kappa shape index (κ1) is 26.0. The number of fused-ring (bicyclic) bond motifs is 1. The van der Waals surface area contributed by atoms with Gasteiger partial charge in [-0.15, -0.1) is 6.58 Å². The van der Waals surface area contributed by atoms with Crippen LogP contribution in [0.25, 0.3) is 6.08 Å². The van der Waals surface area contributed by atoms with Gasteiger partial charge in [0.2, 0.25) is 10.2 Å². The number of carbonyl (C=O) groups excluding carboxylic acids is 1. The zero-order valence-corrected chi connectivity index (χ0v) is 20.4. The van der Waals surface area contributed by atoms with Crippen LogP contribution in [-0.2, 0) is 11.2 Å². The lowest BCUT2D eigenvalue weighted by atomic mass is 10.1. The van der Waals surface area contributed by atoms with Crippen LogP contribution < -0.4 is 14.2 Å². The third kappa shape index (κ3) is 6.02. The number of hydrazone groups is 1. The van der Waals surface area contributed by atoms with Gasteiger partial charge in [-0.25, -0.2) is 0 Å². The Labute approximate surface area is 214 Å². The number of nitrogens with one attached hydrogen (secondary N) is 1. The van der Waals surface area contributed by atoms with Crippen LogP contribution in [0.15, 0.2) is 70.8 Å². The lowest BCUT2D eigenvalue weighted by Crippen LogP contribution is -2.35. The number of allylic oxidation sites excluding steroid dienone is 1. The lowest BCUT2D eigenvalue weighted by Gasteiger charge is -2.20. The molecule has 0 spiro atoms. The molecule has 0 bridgehead atoms. The van der Waals surface area contributed by atoms with Gasteiger partial charge in [-0.05, 0) is 59.7 Å². The summed E-state index contributed by atoms with van der Waals surface area (Å²) in [6, 6.07) is 12.3. The van der Waals surface area contributed by atoms with Gasteiger partial charge in [0.1, 0.15) is 19.0 Å². The molecule has 1 amide bonds. The molecule has 12 heteroatoms. The minimum Gasteiger partial charge on any atom is -0.493 e. The van der Waals surface area contributed by atoms with Crippen LogP contribution in [0.1, 0.15) is 11.1 Å². The highest BCUT2D eigenvalue weighted by atomic mass is 32.2. The number of alkyl halides is 3. The third-order valence-electron chi connectivity index (χ3n) is 5.11. The summed E-state index contributed by atoms with van der Waals surface area (Å²) in [5.41, 5.74) is 1.42. The molecule has 2 aliphatic rings. The number of benzene rings is 2. The molecule has 0 radical (unpaired) electrons. The van der Waals surface area contributed by atoms with E-state index >= 15 is 0 Å². The Morgan fingerprint density at radius 1 is 1.11 bits per heavy atom. The molecule has 0 saturated carbocycles. The first-order chi connectivity index (χ1) is 17.7. The average molecular weight is 531 g/mol. The van der Waals surface area contributed by atoms with E-state index in [9.17, 15) is 18.0 Å². The summed E-state index contributed by atoms with van der Waals surface area (Å²) in [4.78, 5) is 16.0. The first-order valence-corrected chi connectivity index (χ1v) is 11.7. The number of amides is 1. The van der Waals surface area contributed by atoms with Gasteiger partial charge in [0.15, 0.2) is 17.3 Å². The van der Waals surface area contributed by atoms with Crippen molar-refractivity contribution < 1.29 is 32.2 Å². The number of amidine groups is 2. The standard InChI is InChI=1S/C25H21F3N4O4S/c1-3-4-15-7-10-19(20(14-15)34-2)36-12-11-35-17-8-5-16(6-9-17)13-18-21(29)32-24(30-22(18)33)37-23(31-32)25(26,27)28/h3,5-10,13-14,29H,1,4,11-12H2,2H3/b18-13-,29-21?. The number of hydrogen-bond acceptors (Lipinski definition) is 7. The van der Waals surface area contributed by atoms with Gasteiger partial charge in [0, 0.05) is 0 Å². The van der Waals surface area contributed by atoms with Gasteiger partial charge in [-0.3, -0.25) is 10.2 Å². The monoisotopic (exact) mass is 530 g/mol. The Morgan fingerprint density at radius 3 is 2.51 bits per heavy atom. The fraction of sp³-hybridized carbons (Fsp3) is 0.200. The number of halogens is 3. The van der Waals surface area contributed by atoms with Crippen LogP contribution in [0.4, 0.5) is 13.2 Å². The summed E-state index contributed by atoms with van der Waals surface area (Å²) < 4.78 is 55.6. The van der Waals surface area contributed by atoms with Gasteiger partial charge < -0.3 is 14.2 Å². The summed E-state index contributed by atoms with van der Waals surface area (Å²) in [5, 5.41) is 10.8. The highest BCUT2D eigenvalue weighted by Crippen LogP contribution is 2.35. The van der Waals surface area contributed by atoms with E-state index in [1.54, 1.807) is 37.5 Å². The average Bonchev–Trinajstić information content (AvgIpc) is 3.31. The molecule has 4 rings (SSSR count). The quantitative estimate of drug-likeness (QED) is 0.277. The SMILES string of the molecule is C=CCc1ccc(OCCOc2ccc(/C=C3/C(=N)N4N=C(C(F)(F)F)SC4=NC3=O)cc2)c(OC)c1. The van der Waals surface area contributed by atoms with E-state index in [4.69, 9.17) is 19.6 Å². The molecule has 0 aromatic heterocycles. The van der Waals surface area contributed by atoms with E-state index in [1.807, 2.05) is 18.2 Å². The minimum absolute atomic E-state index is 0.174. The first-order valence-electron chi connectivity index (χ1n) is 10.9. The summed E-state index contributed by atoms with van der Waals surface area (Å²) in [5.74, 6) is 0.456. The molecule has 0 aliphatic carbocycles. The van der Waals surface area contributed by atoms with Crippen LogP contribution in [0.3, 0.4) is 0 Å². The highest BCUT2D eigenvalue weighted by molar-refractivity contribution is 8.27. The number of thioether (sulfide) groups is 1. The van der Waals surface area contributed by atoms with Crippen molar-refractivity contribution >= 4 is 39.8 Å². The van der Waals surface area contributed by atoms with Gasteiger partial charge >= 0.3 is 6.18 Å². The van der Waals surface area contributed by atoms with E-state index in [1.165, 1.54) is 6.08 Å². The third-order valence-corrected chi connectivity index (χ3v) is 6.06. The van der Waals surface area contributed by atoms with Gasteiger partial charge in [0.25, 0.3) is 5.91 Å². The second-order valence-corrected chi connectivity index (χ2v) is 8.62. The zero-order chi connectivity index (χ0) is 26.6. The van der Waals surface area contributed by atoms with Crippen molar-refractivity contribution in [3.05, 3.63) is 71.8 Å². The van der Waals surface area contributed by atoms with Gasteiger partial charge in [-0.2, -0.15) is 28.3 Å². The highest BCUT2D eigenvalue weighted by Gasteiger charge is 2.46. The van der Waals surface area contributed by atoms with E-state index in [0.717, 1.165) is 12.0 Å². The largest absolute Gasteiger partial charge is 0.493 e. The number of nitrogens with zero attached hydrogens (tertiary/aromatic N) is 3. The number of ether oxygens (including phenoxy) is 3. The van der Waals surface area contributed by atoms with E-state index < -0.39 is 23.0 Å². The summed E-state index contributed by atoms with van der Waals surface area (Å²) in [7, 11) is 1.57. The molecule has 2 aromatic carbocycles. The molecule has 37 heavy (non-hydrogen) atoms. The van der Waals surface area contributed by atoms with Crippen LogP contribution in [-0.4, -0.2) is 53.5 Å². The lowest BCUT2D eigenvalue weighted by molar-refractivity contribution is -0.114. The van der Waals surface area contributed by atoms with Crippen LogP contribution >= 0.6 is 11.8 Å². The molecule has 0 atom stereocenters. The molecule has 0 fully saturated rings. The van der Waals surface area contributed by atoms with E-state index in [0.29, 0.717) is 27.8 Å². The maximum atomic E-state index is 12.9. The van der Waals surface area contributed by atoms with Crippen molar-refractivity contribution in [2.45, 2.75) is 12.6 Å². The second kappa shape index (κ2) is 10.9. The molecular formula is C25H21F3N4O4S. The van der Waals surface area contributed by atoms with Crippen molar-refractivity contribution in [2.75, 3.05) is 20.3 Å². The number of rotatable bonds is 9. The van der Waals surface area contributed by atoms with Crippen molar-refractivity contribution in [1.29, 1.82) is 5.41 Å². The van der Waals surface area contributed by atoms with Crippen LogP contribution in [0, 0.1) is 5.41 Å². The van der Waals surface area contributed by atoms with E-state index in [-0.39, 0.29) is 35.7 Å². The fourth-order valence-corrected chi connectivity index (χ4v) is 4.13. The van der Waals surface area contributed by atoms with Crippen LogP contribution in [0.5, 0.6) is 17.2 Å². The molecule has 0 unspecified atom stereocenters. The molecule has 192 valence electrons. The normalized spacial score (nSPS) is 16.3. The smallest absolute Gasteiger partial charge is 0.441 e. The molecule has 2 aliphatic heterocycles. The Kier molecular flexibility index (Phi) is 7.67. The van der Waals surface area contributed by atoms with Crippen molar-refractivity contribution in [1.82, 2.24) is 5.01 Å². The Balaban J connectivity index is 1.35. The van der Waals surface area contributed by atoms with Gasteiger partial charge in [-0.1, -0.05) is 24.3 Å². The topological polar surface area (TPSA) is 96.6 Å². The van der Waals surface area contributed by atoms with Gasteiger partial charge in [0.05, 0.1) is 12.7 Å². The number of aliphatic imine (C=N–C) groups is 1. The molecule has 1 N–H and O–H groups in total. The molecule has 8 nitrogen and oxygen atoms in total. The Bertz CT molecular complexity index is 1320. The summed E-state index contributed by atoms with van der Waals surface area (Å²) in [6.45, 7) is 4.25. The number of methoxy groups -OCH3 is 1. The maximum absolute atomic E-state index is 12.9. The second-order valence-electron chi connectivity index (χ2n) is 7.67. The maximum Gasteiger partial charge on any atom is 0.441 e. The molecular weight excluding hydrogens is 509 g/mol. The fourth-order valence-electron chi connectivity index (χ4n) is 3.37. The van der Waals surface area contributed by atoms with Crippen molar-refractivity contribution in [3.63, 3.8) is 0 Å². The van der Waals surface area contributed by atoms with Crippen LogP contribution in [0.2, 0.25) is 0 Å².